The summed E-state index contributed by atoms with van der Waals surface area (Å²) in [6.45, 7) is 4.18. The smallest absolute Gasteiger partial charge is 0.304 e. The molecule has 136 valence electrons. The zero-order valence-corrected chi connectivity index (χ0v) is 15.9. The second kappa shape index (κ2) is 16.2. The van der Waals surface area contributed by atoms with Crippen LogP contribution in [-0.4, -0.2) is 27.2 Å². The van der Waals surface area contributed by atoms with Crippen LogP contribution in [0.1, 0.15) is 90.9 Å². The van der Waals surface area contributed by atoms with Crippen LogP contribution in [0.4, 0.5) is 0 Å². The van der Waals surface area contributed by atoms with Gasteiger partial charge < -0.3 is 10.2 Å². The van der Waals surface area contributed by atoms with E-state index in [-0.39, 0.29) is 11.7 Å². The molecule has 2 N–H and O–H groups in total. The summed E-state index contributed by atoms with van der Waals surface area (Å²) in [5.74, 6) is 0.168. The minimum Gasteiger partial charge on any atom is -0.511 e. The number of hydrogen-bond acceptors (Lipinski definition) is 3. The van der Waals surface area contributed by atoms with Crippen LogP contribution in [0.5, 0.6) is 0 Å². The zero-order valence-electron chi connectivity index (χ0n) is 15.1. The lowest BCUT2D eigenvalue weighted by atomic mass is 10.1. The highest BCUT2D eigenvalue weighted by Gasteiger charge is 2.08. The summed E-state index contributed by atoms with van der Waals surface area (Å²) in [6.07, 6.45) is 16.2. The number of thioether (sulfide) groups is 1. The number of carboxylic acids is 1. The number of hydrogen-bond donors (Lipinski definition) is 2. The van der Waals surface area contributed by atoms with E-state index in [0.717, 1.165) is 12.8 Å². The van der Waals surface area contributed by atoms with E-state index in [1.165, 1.54) is 69.5 Å². The van der Waals surface area contributed by atoms with Crippen molar-refractivity contribution in [3.8, 4) is 0 Å². The Hall–Kier alpha value is -0.640. The van der Waals surface area contributed by atoms with E-state index >= 15 is 0 Å². The van der Waals surface area contributed by atoms with Crippen LogP contribution in [-0.2, 0) is 4.79 Å². The van der Waals surface area contributed by atoms with Crippen LogP contribution in [0.15, 0.2) is 11.8 Å². The average Bonchev–Trinajstić information content (AvgIpc) is 2.51. The molecule has 0 aliphatic rings. The third kappa shape index (κ3) is 16.0. The molecular formula is C19H36O3S. The van der Waals surface area contributed by atoms with Gasteiger partial charge in [0.25, 0.3) is 0 Å². The van der Waals surface area contributed by atoms with Gasteiger partial charge in [0.1, 0.15) is 5.76 Å². The van der Waals surface area contributed by atoms with Gasteiger partial charge in [0.2, 0.25) is 0 Å². The maximum atomic E-state index is 10.4. The Morgan fingerprint density at radius 3 is 2.00 bits per heavy atom. The Balaban J connectivity index is 3.45. The average molecular weight is 345 g/mol. The summed E-state index contributed by atoms with van der Waals surface area (Å²) in [5.41, 5.74) is 0. The first-order valence-corrected chi connectivity index (χ1v) is 10.3. The second-order valence-electron chi connectivity index (χ2n) is 6.26. The number of carboxylic acid groups (broad SMARTS) is 1. The zero-order chi connectivity index (χ0) is 17.3. The van der Waals surface area contributed by atoms with E-state index in [4.69, 9.17) is 5.11 Å². The van der Waals surface area contributed by atoms with Crippen LogP contribution in [0.25, 0.3) is 0 Å². The highest BCUT2D eigenvalue weighted by molar-refractivity contribution is 8.00. The van der Waals surface area contributed by atoms with Crippen LogP contribution in [0.3, 0.4) is 0 Å². The summed E-state index contributed by atoms with van der Waals surface area (Å²) in [6, 6.07) is 0. The molecule has 0 saturated carbocycles. The summed E-state index contributed by atoms with van der Waals surface area (Å²) in [4.78, 5) is 10.4. The van der Waals surface area contributed by atoms with E-state index in [2.05, 4.69) is 6.92 Å². The molecule has 0 heterocycles. The molecular weight excluding hydrogens is 308 g/mol. The Labute approximate surface area is 146 Å². The SMILES string of the molecule is CCCCCCCCCCCC/C=C(\O)C(C)SCCC(=O)O. The topological polar surface area (TPSA) is 57.5 Å². The van der Waals surface area contributed by atoms with Crippen molar-refractivity contribution in [2.45, 2.75) is 96.1 Å². The highest BCUT2D eigenvalue weighted by Crippen LogP contribution is 2.19. The molecule has 0 aromatic heterocycles. The molecule has 1 unspecified atom stereocenters. The number of rotatable bonds is 16. The van der Waals surface area contributed by atoms with Crippen molar-refractivity contribution >= 4 is 17.7 Å². The fourth-order valence-corrected chi connectivity index (χ4v) is 3.37. The molecule has 0 spiro atoms. The van der Waals surface area contributed by atoms with Crippen LogP contribution < -0.4 is 0 Å². The molecule has 0 amide bonds. The highest BCUT2D eigenvalue weighted by atomic mass is 32.2. The Morgan fingerprint density at radius 2 is 1.48 bits per heavy atom. The molecule has 0 rings (SSSR count). The van der Waals surface area contributed by atoms with Gasteiger partial charge in [0.05, 0.1) is 11.7 Å². The number of aliphatic hydroxyl groups is 1. The van der Waals surface area contributed by atoms with Crippen molar-refractivity contribution in [3.63, 3.8) is 0 Å². The molecule has 0 aliphatic heterocycles. The fourth-order valence-electron chi connectivity index (χ4n) is 2.46. The maximum Gasteiger partial charge on any atom is 0.304 e. The van der Waals surface area contributed by atoms with Gasteiger partial charge in [0, 0.05) is 5.75 Å². The van der Waals surface area contributed by atoms with Crippen molar-refractivity contribution in [2.24, 2.45) is 0 Å². The summed E-state index contributed by atoms with van der Waals surface area (Å²) in [5, 5.41) is 18.5. The Bertz CT molecular complexity index is 316. The van der Waals surface area contributed by atoms with E-state index in [9.17, 15) is 9.90 Å². The lowest BCUT2D eigenvalue weighted by molar-refractivity contribution is -0.136. The van der Waals surface area contributed by atoms with Gasteiger partial charge in [-0.3, -0.25) is 4.79 Å². The fraction of sp³-hybridized carbons (Fsp3) is 0.842. The summed E-state index contributed by atoms with van der Waals surface area (Å²) in [7, 11) is 0. The molecule has 0 aliphatic carbocycles. The maximum absolute atomic E-state index is 10.4. The Kier molecular flexibility index (Phi) is 15.8. The third-order valence-electron chi connectivity index (χ3n) is 4.01. The van der Waals surface area contributed by atoms with E-state index < -0.39 is 5.97 Å². The standard InChI is InChI=1S/C19H36O3S/c1-3-4-5-6-7-8-9-10-11-12-13-14-18(20)17(2)23-16-15-19(21)22/h14,17,20H,3-13,15-16H2,1-2H3,(H,21,22)/b18-14-. The van der Waals surface area contributed by atoms with Crippen molar-refractivity contribution in [2.75, 3.05) is 5.75 Å². The van der Waals surface area contributed by atoms with Crippen molar-refractivity contribution in [3.05, 3.63) is 11.8 Å². The monoisotopic (exact) mass is 344 g/mol. The van der Waals surface area contributed by atoms with Gasteiger partial charge in [-0.25, -0.2) is 0 Å². The molecule has 0 radical (unpaired) electrons. The van der Waals surface area contributed by atoms with E-state index in [1.807, 2.05) is 13.0 Å². The second-order valence-corrected chi connectivity index (χ2v) is 7.71. The summed E-state index contributed by atoms with van der Waals surface area (Å²) >= 11 is 1.50. The van der Waals surface area contributed by atoms with Gasteiger partial charge in [-0.2, -0.15) is 11.8 Å². The summed E-state index contributed by atoms with van der Waals surface area (Å²) < 4.78 is 0. The largest absolute Gasteiger partial charge is 0.511 e. The normalized spacial score (nSPS) is 13.2. The molecule has 0 aromatic rings. The number of allylic oxidation sites excluding steroid dienone is 1. The molecule has 3 nitrogen and oxygen atoms in total. The first-order chi connectivity index (χ1) is 11.1. The van der Waals surface area contributed by atoms with Crippen molar-refractivity contribution in [1.29, 1.82) is 0 Å². The van der Waals surface area contributed by atoms with Crippen LogP contribution in [0, 0.1) is 0 Å². The molecule has 4 heteroatoms. The molecule has 23 heavy (non-hydrogen) atoms. The first kappa shape index (κ1) is 22.4. The minimum absolute atomic E-state index is 0.00234. The minimum atomic E-state index is -0.779. The van der Waals surface area contributed by atoms with Gasteiger partial charge in [-0.05, 0) is 25.8 Å². The van der Waals surface area contributed by atoms with Crippen molar-refractivity contribution < 1.29 is 15.0 Å². The molecule has 0 fully saturated rings. The Morgan fingerprint density at radius 1 is 0.957 bits per heavy atom. The van der Waals surface area contributed by atoms with Crippen molar-refractivity contribution in [1.82, 2.24) is 0 Å². The molecule has 0 aromatic carbocycles. The number of carbonyl (C=O) groups is 1. The number of aliphatic carboxylic acids is 1. The predicted octanol–water partition coefficient (Wildman–Crippen LogP) is 6.34. The van der Waals surface area contributed by atoms with Crippen LogP contribution in [0.2, 0.25) is 0 Å². The quantitative estimate of drug-likeness (QED) is 0.253. The molecule has 0 saturated heterocycles. The van der Waals surface area contributed by atoms with E-state index in [1.54, 1.807) is 0 Å². The molecule has 1 atom stereocenters. The lowest BCUT2D eigenvalue weighted by Gasteiger charge is -2.09. The van der Waals surface area contributed by atoms with Crippen LogP contribution >= 0.6 is 11.8 Å². The number of aliphatic hydroxyl groups excluding tert-OH is 1. The van der Waals surface area contributed by atoms with Gasteiger partial charge in [-0.15, -0.1) is 0 Å². The third-order valence-corrected chi connectivity index (χ3v) is 5.19. The lowest BCUT2D eigenvalue weighted by Crippen LogP contribution is -2.04. The van der Waals surface area contributed by atoms with Gasteiger partial charge >= 0.3 is 5.97 Å². The predicted molar refractivity (Wildman–Crippen MR) is 101 cm³/mol. The first-order valence-electron chi connectivity index (χ1n) is 9.30. The number of unbranched alkanes of at least 4 members (excludes halogenated alkanes) is 10. The van der Waals surface area contributed by atoms with Gasteiger partial charge in [0.15, 0.2) is 0 Å². The van der Waals surface area contributed by atoms with Gasteiger partial charge in [-0.1, -0.05) is 64.7 Å². The molecule has 0 bridgehead atoms. The van der Waals surface area contributed by atoms with E-state index in [0.29, 0.717) is 11.5 Å².